The van der Waals surface area contributed by atoms with E-state index in [1.165, 1.54) is 12.1 Å². The van der Waals surface area contributed by atoms with Gasteiger partial charge >= 0.3 is 6.18 Å². The van der Waals surface area contributed by atoms with Crippen LogP contribution >= 0.6 is 0 Å². The highest BCUT2D eigenvalue weighted by atomic mass is 19.4. The quantitative estimate of drug-likeness (QED) is 0.187. The first kappa shape index (κ1) is 33.8. The third-order valence-electron chi connectivity index (χ3n) is 12.1. The minimum Gasteiger partial charge on any atom is -0.354 e. The van der Waals surface area contributed by atoms with Gasteiger partial charge in [-0.1, -0.05) is 78.9 Å². The number of para-hydroxylation sites is 4. The number of hydrogen-bond donors (Lipinski definition) is 2. The Labute approximate surface area is 338 Å². The lowest BCUT2D eigenvalue weighted by Gasteiger charge is -2.20. The van der Waals surface area contributed by atoms with Crippen LogP contribution in [0.15, 0.2) is 152 Å². The standard InChI is InChI=1S/C51H27F3N6/c52-51(53,54)40-19-28(26-55)17-18-30(40)29-20-47(59-45-15-7-3-11-33(45)37-22-35-31-9-1-5-13-41(31)57-43(35)24-49(37)59)39(27-56)48(21-29)60-46-16-8-4-12-34(46)38-23-36-32-10-2-6-14-42(32)58-44(36)25-50(38)60/h1-25,57-58H. The number of hydrogen-bond acceptors (Lipinski definition) is 2. The number of H-pyrrole nitrogens is 2. The SMILES string of the molecule is N#Cc1ccc(-c2cc(-n3c4ccccc4c4cc5c(cc43)[nH]c3ccccc35)c(C#N)c(-n3c4ccccc4c4cc5c(cc43)[nH]c3ccccc35)c2)c(C(F)(F)F)c1. The molecule has 4 aromatic heterocycles. The van der Waals surface area contributed by atoms with Crippen molar-refractivity contribution < 1.29 is 13.2 Å². The zero-order valence-electron chi connectivity index (χ0n) is 31.4. The van der Waals surface area contributed by atoms with Gasteiger partial charge in [-0.3, -0.25) is 0 Å². The maximum Gasteiger partial charge on any atom is 0.417 e. The fourth-order valence-electron chi connectivity index (χ4n) is 9.48. The molecule has 2 N–H and O–H groups in total. The Kier molecular flexibility index (Phi) is 6.84. The van der Waals surface area contributed by atoms with E-state index in [4.69, 9.17) is 0 Å². The van der Waals surface area contributed by atoms with Gasteiger partial charge in [-0.15, -0.1) is 0 Å². The molecule has 0 fully saturated rings. The summed E-state index contributed by atoms with van der Waals surface area (Å²) in [5, 5.41) is 29.1. The van der Waals surface area contributed by atoms with Crippen LogP contribution in [0.1, 0.15) is 16.7 Å². The van der Waals surface area contributed by atoms with Crippen molar-refractivity contribution in [3.63, 3.8) is 0 Å². The average Bonchev–Trinajstić information content (AvgIpc) is 4.01. The van der Waals surface area contributed by atoms with Crippen LogP contribution in [-0.2, 0) is 6.18 Å². The van der Waals surface area contributed by atoms with Gasteiger partial charge in [-0.2, -0.15) is 23.7 Å². The molecule has 8 aromatic carbocycles. The summed E-state index contributed by atoms with van der Waals surface area (Å²) in [5.41, 5.74) is 7.10. The first-order valence-corrected chi connectivity index (χ1v) is 19.4. The Hall–Kier alpha value is -8.27. The molecule has 0 spiro atoms. The van der Waals surface area contributed by atoms with Gasteiger partial charge in [-0.05, 0) is 83.9 Å². The lowest BCUT2D eigenvalue weighted by atomic mass is 9.94. The molecular formula is C51H27F3N6. The lowest BCUT2D eigenvalue weighted by molar-refractivity contribution is -0.137. The Bertz CT molecular complexity index is 3710. The van der Waals surface area contributed by atoms with E-state index in [2.05, 4.69) is 52.4 Å². The second-order valence-corrected chi connectivity index (χ2v) is 15.2. The van der Waals surface area contributed by atoms with Gasteiger partial charge in [0, 0.05) is 65.2 Å². The summed E-state index contributed by atoms with van der Waals surface area (Å²) in [7, 11) is 0. The Morgan fingerprint density at radius 2 is 0.917 bits per heavy atom. The van der Waals surface area contributed by atoms with Crippen LogP contribution in [0, 0.1) is 22.7 Å². The minimum atomic E-state index is -4.78. The molecule has 0 amide bonds. The molecule has 0 aliphatic carbocycles. The van der Waals surface area contributed by atoms with Crippen LogP contribution in [-0.4, -0.2) is 19.1 Å². The highest BCUT2D eigenvalue weighted by molar-refractivity contribution is 6.20. The molecule has 282 valence electrons. The van der Waals surface area contributed by atoms with Crippen molar-refractivity contribution in [1.29, 1.82) is 10.5 Å². The minimum absolute atomic E-state index is 0.102. The van der Waals surface area contributed by atoms with E-state index in [1.807, 2.05) is 100 Å². The van der Waals surface area contributed by atoms with Crippen molar-refractivity contribution in [2.45, 2.75) is 6.18 Å². The molecule has 0 aliphatic heterocycles. The van der Waals surface area contributed by atoms with Crippen LogP contribution in [0.25, 0.3) is 110 Å². The Balaban J connectivity index is 1.26. The third kappa shape index (κ3) is 4.69. The first-order chi connectivity index (χ1) is 29.3. The number of halogens is 3. The highest BCUT2D eigenvalue weighted by Crippen LogP contribution is 2.45. The molecule has 0 bridgehead atoms. The zero-order valence-corrected chi connectivity index (χ0v) is 31.4. The molecule has 12 aromatic rings. The molecule has 0 atom stereocenters. The van der Waals surface area contributed by atoms with Gasteiger partial charge in [0.15, 0.2) is 0 Å². The number of alkyl halides is 3. The fourth-order valence-corrected chi connectivity index (χ4v) is 9.48. The molecule has 60 heavy (non-hydrogen) atoms. The number of nitrogens with zero attached hydrogens (tertiary/aromatic N) is 4. The summed E-state index contributed by atoms with van der Waals surface area (Å²) in [6.07, 6.45) is -4.78. The summed E-state index contributed by atoms with van der Waals surface area (Å²) in [5.74, 6) is 0. The molecule has 9 heteroatoms. The highest BCUT2D eigenvalue weighted by Gasteiger charge is 2.35. The number of nitriles is 2. The summed E-state index contributed by atoms with van der Waals surface area (Å²) < 4.78 is 49.2. The fraction of sp³-hybridized carbons (Fsp3) is 0.0196. The molecule has 0 saturated carbocycles. The average molecular weight is 781 g/mol. The summed E-state index contributed by atoms with van der Waals surface area (Å²) in [4.78, 5) is 7.11. The van der Waals surface area contributed by atoms with Gasteiger partial charge in [-0.25, -0.2) is 0 Å². The van der Waals surface area contributed by atoms with Crippen molar-refractivity contribution in [2.24, 2.45) is 0 Å². The molecule has 0 saturated heterocycles. The van der Waals surface area contributed by atoms with E-state index in [-0.39, 0.29) is 22.3 Å². The molecule has 0 radical (unpaired) electrons. The van der Waals surface area contributed by atoms with Crippen LogP contribution in [0.4, 0.5) is 13.2 Å². The maximum atomic E-state index is 15.1. The predicted molar refractivity (Wildman–Crippen MR) is 234 cm³/mol. The topological polar surface area (TPSA) is 89.0 Å². The van der Waals surface area contributed by atoms with E-state index in [0.717, 1.165) is 93.3 Å². The van der Waals surface area contributed by atoms with E-state index in [1.54, 1.807) is 12.1 Å². The Morgan fingerprint density at radius 3 is 1.40 bits per heavy atom. The second-order valence-electron chi connectivity index (χ2n) is 15.2. The van der Waals surface area contributed by atoms with Crippen LogP contribution < -0.4 is 0 Å². The normalized spacial score (nSPS) is 12.2. The van der Waals surface area contributed by atoms with Gasteiger partial charge in [0.05, 0.1) is 50.6 Å². The maximum absolute atomic E-state index is 15.1. The lowest BCUT2D eigenvalue weighted by Crippen LogP contribution is -2.09. The number of rotatable bonds is 3. The summed E-state index contributed by atoms with van der Waals surface area (Å²) >= 11 is 0. The van der Waals surface area contributed by atoms with Gasteiger partial charge < -0.3 is 19.1 Å². The number of aromatic nitrogens is 4. The van der Waals surface area contributed by atoms with E-state index in [0.29, 0.717) is 11.4 Å². The van der Waals surface area contributed by atoms with Crippen molar-refractivity contribution >= 4 is 87.2 Å². The number of fused-ring (bicyclic) bond motifs is 12. The summed E-state index contributed by atoms with van der Waals surface area (Å²) in [6, 6.07) is 51.9. The first-order valence-electron chi connectivity index (χ1n) is 19.4. The van der Waals surface area contributed by atoms with Crippen LogP contribution in [0.5, 0.6) is 0 Å². The van der Waals surface area contributed by atoms with Crippen LogP contribution in [0.3, 0.4) is 0 Å². The molecule has 0 aliphatic rings. The van der Waals surface area contributed by atoms with Crippen molar-refractivity contribution in [3.8, 4) is 34.6 Å². The van der Waals surface area contributed by atoms with Gasteiger partial charge in [0.2, 0.25) is 0 Å². The number of aromatic amines is 2. The van der Waals surface area contributed by atoms with E-state index in [9.17, 15) is 10.5 Å². The predicted octanol–water partition coefficient (Wildman–Crippen LogP) is 13.6. The molecule has 4 heterocycles. The second kappa shape index (κ2) is 12.1. The smallest absolute Gasteiger partial charge is 0.354 e. The van der Waals surface area contributed by atoms with Crippen molar-refractivity contribution in [1.82, 2.24) is 19.1 Å². The van der Waals surface area contributed by atoms with Gasteiger partial charge in [0.1, 0.15) is 11.6 Å². The molecule has 12 rings (SSSR count). The molecule has 0 unspecified atom stereocenters. The van der Waals surface area contributed by atoms with Gasteiger partial charge in [0.25, 0.3) is 0 Å². The van der Waals surface area contributed by atoms with Crippen molar-refractivity contribution in [3.05, 3.63) is 168 Å². The van der Waals surface area contributed by atoms with E-state index < -0.39 is 11.7 Å². The largest absolute Gasteiger partial charge is 0.417 e. The Morgan fingerprint density at radius 1 is 0.433 bits per heavy atom. The zero-order chi connectivity index (χ0) is 40.4. The summed E-state index contributed by atoms with van der Waals surface area (Å²) in [6.45, 7) is 0. The molecular weight excluding hydrogens is 754 g/mol. The molecule has 6 nitrogen and oxygen atoms in total. The monoisotopic (exact) mass is 780 g/mol. The number of benzene rings is 8. The van der Waals surface area contributed by atoms with Crippen LogP contribution in [0.2, 0.25) is 0 Å². The third-order valence-corrected chi connectivity index (χ3v) is 12.1. The number of nitrogens with one attached hydrogen (secondary N) is 2. The van der Waals surface area contributed by atoms with Crippen molar-refractivity contribution in [2.75, 3.05) is 0 Å². The van der Waals surface area contributed by atoms with E-state index >= 15 is 13.2 Å².